The molecule has 1 fully saturated rings. The number of aromatic hydroxyl groups is 2. The SMILES string of the molecule is COc1c(O)cc2c(=O)oc3c(O[C@H]4O[C@@H](C)[C@H](O)[C@@H](O)[C@H]4OC(C)=O)c(O)cc4c(=O)oc1c2c34. The van der Waals surface area contributed by atoms with E-state index in [0.29, 0.717) is 0 Å². The first kappa shape index (κ1) is 23.7. The largest absolute Gasteiger partial charge is 0.504 e. The summed E-state index contributed by atoms with van der Waals surface area (Å²) in [5.74, 6) is -2.63. The third-order valence-corrected chi connectivity index (χ3v) is 6.04. The summed E-state index contributed by atoms with van der Waals surface area (Å²) < 4.78 is 32.2. The number of ether oxygens (including phenoxy) is 4. The van der Waals surface area contributed by atoms with Crippen LogP contribution < -0.4 is 20.7 Å². The first-order valence-electron chi connectivity index (χ1n) is 10.7. The third kappa shape index (κ3) is 3.39. The van der Waals surface area contributed by atoms with Crippen LogP contribution in [0.4, 0.5) is 0 Å². The van der Waals surface area contributed by atoms with Gasteiger partial charge in [-0.15, -0.1) is 0 Å². The van der Waals surface area contributed by atoms with Crippen LogP contribution in [0.5, 0.6) is 23.0 Å². The van der Waals surface area contributed by atoms with E-state index in [-0.39, 0.29) is 38.5 Å². The van der Waals surface area contributed by atoms with Crippen molar-refractivity contribution in [2.45, 2.75) is 44.6 Å². The van der Waals surface area contributed by atoms with Crippen molar-refractivity contribution in [3.63, 3.8) is 0 Å². The van der Waals surface area contributed by atoms with Gasteiger partial charge < -0.3 is 48.2 Å². The lowest BCUT2D eigenvalue weighted by atomic mass is 9.99. The van der Waals surface area contributed by atoms with Crippen LogP contribution in [0.2, 0.25) is 0 Å². The Morgan fingerprint density at radius 2 is 1.44 bits per heavy atom. The Morgan fingerprint density at radius 3 is 1.97 bits per heavy atom. The molecule has 0 amide bonds. The molecule has 4 aromatic rings. The molecular weight excluding hydrogens is 484 g/mol. The van der Waals surface area contributed by atoms with Gasteiger partial charge >= 0.3 is 17.2 Å². The van der Waals surface area contributed by atoms with E-state index >= 15 is 0 Å². The first-order chi connectivity index (χ1) is 17.0. The number of hydrogen-bond acceptors (Lipinski definition) is 13. The molecule has 13 heteroatoms. The normalized spacial score (nSPS) is 24.4. The summed E-state index contributed by atoms with van der Waals surface area (Å²) in [6.07, 6.45) is -7.11. The van der Waals surface area contributed by atoms with Crippen molar-refractivity contribution in [1.29, 1.82) is 0 Å². The number of hydrogen-bond donors (Lipinski definition) is 4. The molecule has 3 heterocycles. The quantitative estimate of drug-likeness (QED) is 0.172. The first-order valence-corrected chi connectivity index (χ1v) is 10.7. The van der Waals surface area contributed by atoms with Gasteiger partial charge in [-0.2, -0.15) is 0 Å². The van der Waals surface area contributed by atoms with E-state index in [1.807, 2.05) is 0 Å². The molecule has 0 unspecified atom stereocenters. The second kappa shape index (κ2) is 8.26. The van der Waals surface area contributed by atoms with E-state index in [9.17, 15) is 34.8 Å². The molecule has 1 saturated heterocycles. The minimum Gasteiger partial charge on any atom is -0.504 e. The number of aliphatic hydroxyl groups excluding tert-OH is 2. The average molecular weight is 504 g/mol. The molecule has 5 rings (SSSR count). The van der Waals surface area contributed by atoms with Crippen molar-refractivity contribution >= 4 is 38.7 Å². The molecule has 2 aromatic carbocycles. The number of carbonyl (C=O) groups is 1. The Labute approximate surface area is 199 Å². The lowest BCUT2D eigenvalue weighted by Crippen LogP contribution is -2.59. The van der Waals surface area contributed by atoms with Gasteiger partial charge in [0.2, 0.25) is 17.8 Å². The molecule has 1 aliphatic rings. The van der Waals surface area contributed by atoms with Crippen LogP contribution in [-0.4, -0.2) is 64.2 Å². The summed E-state index contributed by atoms with van der Waals surface area (Å²) >= 11 is 0. The third-order valence-electron chi connectivity index (χ3n) is 6.04. The van der Waals surface area contributed by atoms with Crippen molar-refractivity contribution in [3.05, 3.63) is 33.0 Å². The molecule has 0 radical (unpaired) electrons. The number of esters is 1. The van der Waals surface area contributed by atoms with Crippen LogP contribution >= 0.6 is 0 Å². The maximum Gasteiger partial charge on any atom is 0.344 e. The minimum atomic E-state index is -1.61. The minimum absolute atomic E-state index is 0.00965. The average Bonchev–Trinajstić information content (AvgIpc) is 2.81. The monoisotopic (exact) mass is 504 g/mol. The summed E-state index contributed by atoms with van der Waals surface area (Å²) in [6.45, 7) is 2.51. The fourth-order valence-corrected chi connectivity index (χ4v) is 4.40. The molecular formula is C23H20O13. The topological polar surface area (TPSA) is 195 Å². The fraction of sp³-hybridized carbons (Fsp3) is 0.348. The highest BCUT2D eigenvalue weighted by Gasteiger charge is 2.47. The standard InChI is InChI=1S/C23H20O13/c1-6-14(27)15(28)20(33-7(2)24)23(32-6)36-17-11(26)5-9-13-12-8(22(30)35-19(13)17)4-10(25)16(31-3)18(12)34-21(9)29/h4-6,14-15,20,23,25-28H,1-3H3/t6-,14-,15+,20+,23+/m0/s1. The van der Waals surface area contributed by atoms with Crippen molar-refractivity contribution < 1.29 is 53.0 Å². The number of methoxy groups -OCH3 is 1. The number of rotatable bonds is 4. The van der Waals surface area contributed by atoms with E-state index in [1.54, 1.807) is 0 Å². The molecule has 0 spiro atoms. The summed E-state index contributed by atoms with van der Waals surface area (Å²) in [4.78, 5) is 37.2. The van der Waals surface area contributed by atoms with Gasteiger partial charge in [-0.05, 0) is 19.1 Å². The van der Waals surface area contributed by atoms with Crippen LogP contribution in [0, 0.1) is 0 Å². The number of phenols is 2. The Morgan fingerprint density at radius 1 is 0.917 bits per heavy atom. The molecule has 0 aliphatic carbocycles. The highest BCUT2D eigenvalue weighted by molar-refractivity contribution is 6.22. The Bertz CT molecular complexity index is 1620. The molecule has 13 nitrogen and oxygen atoms in total. The zero-order valence-electron chi connectivity index (χ0n) is 19.0. The van der Waals surface area contributed by atoms with Gasteiger partial charge in [-0.1, -0.05) is 0 Å². The van der Waals surface area contributed by atoms with Crippen LogP contribution in [0.25, 0.3) is 32.7 Å². The number of benzene rings is 2. The molecule has 2 aromatic heterocycles. The van der Waals surface area contributed by atoms with Gasteiger partial charge in [0.05, 0.1) is 24.0 Å². The summed E-state index contributed by atoms with van der Waals surface area (Å²) in [5.41, 5.74) is -2.53. The molecule has 4 N–H and O–H groups in total. The second-order valence-corrected chi connectivity index (χ2v) is 8.32. The van der Waals surface area contributed by atoms with Gasteiger partial charge in [-0.25, -0.2) is 9.59 Å². The molecule has 36 heavy (non-hydrogen) atoms. The maximum atomic E-state index is 12.9. The zero-order chi connectivity index (χ0) is 26.0. The molecule has 0 bridgehead atoms. The molecule has 190 valence electrons. The van der Waals surface area contributed by atoms with Gasteiger partial charge in [0.1, 0.15) is 12.2 Å². The van der Waals surface area contributed by atoms with Crippen LogP contribution in [0.15, 0.2) is 30.6 Å². The van der Waals surface area contributed by atoms with Crippen LogP contribution in [0.3, 0.4) is 0 Å². The van der Waals surface area contributed by atoms with Crippen LogP contribution in [0.1, 0.15) is 13.8 Å². The smallest absolute Gasteiger partial charge is 0.344 e. The molecule has 5 atom stereocenters. The zero-order valence-corrected chi connectivity index (χ0v) is 19.0. The van der Waals surface area contributed by atoms with Crippen molar-refractivity contribution in [1.82, 2.24) is 0 Å². The predicted octanol–water partition coefficient (Wildman–Crippen LogP) is 0.687. The van der Waals surface area contributed by atoms with Gasteiger partial charge in [0.25, 0.3) is 0 Å². The van der Waals surface area contributed by atoms with Crippen molar-refractivity contribution in [2.75, 3.05) is 7.11 Å². The summed E-state index contributed by atoms with van der Waals surface area (Å²) in [5, 5.41) is 41.3. The van der Waals surface area contributed by atoms with Crippen molar-refractivity contribution in [3.8, 4) is 23.0 Å². The highest BCUT2D eigenvalue weighted by atomic mass is 16.7. The lowest BCUT2D eigenvalue weighted by molar-refractivity contribution is -0.273. The highest BCUT2D eigenvalue weighted by Crippen LogP contribution is 2.46. The van der Waals surface area contributed by atoms with E-state index < -0.39 is 65.2 Å². The van der Waals surface area contributed by atoms with E-state index in [2.05, 4.69) is 0 Å². The maximum absolute atomic E-state index is 12.9. The second-order valence-electron chi connectivity index (χ2n) is 8.32. The Hall–Kier alpha value is -4.07. The molecule has 1 aliphatic heterocycles. The van der Waals surface area contributed by atoms with E-state index in [1.165, 1.54) is 14.0 Å². The fourth-order valence-electron chi connectivity index (χ4n) is 4.40. The summed E-state index contributed by atoms with van der Waals surface area (Å²) in [6, 6.07) is 2.10. The Kier molecular flexibility index (Phi) is 5.43. The lowest BCUT2D eigenvalue weighted by Gasteiger charge is -2.40. The Balaban J connectivity index is 1.78. The number of phenolic OH excluding ortho intramolecular Hbond substituents is 2. The van der Waals surface area contributed by atoms with Gasteiger partial charge in [0, 0.05) is 17.7 Å². The summed E-state index contributed by atoms with van der Waals surface area (Å²) in [7, 11) is 1.23. The van der Waals surface area contributed by atoms with Gasteiger partial charge in [0.15, 0.2) is 28.8 Å². The van der Waals surface area contributed by atoms with E-state index in [0.717, 1.165) is 19.1 Å². The molecule has 0 saturated carbocycles. The van der Waals surface area contributed by atoms with Gasteiger partial charge in [-0.3, -0.25) is 4.79 Å². The number of carbonyl (C=O) groups excluding carboxylic acids is 1. The number of aliphatic hydroxyl groups is 2. The predicted molar refractivity (Wildman–Crippen MR) is 120 cm³/mol. The van der Waals surface area contributed by atoms with Crippen LogP contribution in [-0.2, 0) is 14.3 Å². The van der Waals surface area contributed by atoms with E-state index in [4.69, 9.17) is 27.8 Å². The van der Waals surface area contributed by atoms with Crippen molar-refractivity contribution in [2.24, 2.45) is 0 Å².